The fraction of sp³-hybridized carbons (Fsp3) is 0.556. The molecule has 0 aromatic carbocycles. The van der Waals surface area contributed by atoms with E-state index in [-0.39, 0.29) is 11.3 Å². The Bertz CT molecular complexity index is 279. The first kappa shape index (κ1) is 9.77. The first-order valence-electron chi connectivity index (χ1n) is 4.27. The molecule has 1 N–H and O–H groups in total. The maximum Gasteiger partial charge on any atom is 0.343 e. The largest absolute Gasteiger partial charge is 0.511 e. The Labute approximate surface area is 76.9 Å². The lowest BCUT2D eigenvalue weighted by molar-refractivity contribution is -0.138. The van der Waals surface area contributed by atoms with Crippen molar-refractivity contribution in [1.82, 2.24) is 0 Å². The van der Waals surface area contributed by atoms with Gasteiger partial charge in [-0.1, -0.05) is 0 Å². The van der Waals surface area contributed by atoms with Crippen molar-refractivity contribution in [3.63, 3.8) is 0 Å². The van der Waals surface area contributed by atoms with Crippen LogP contribution in [0.3, 0.4) is 0 Å². The number of carbonyl (C=O) groups is 1. The van der Waals surface area contributed by atoms with Crippen molar-refractivity contribution in [3.05, 3.63) is 11.3 Å². The second-order valence-electron chi connectivity index (χ2n) is 2.76. The number of dihydropyridines is 1. The molecule has 0 unspecified atom stereocenters. The Hall–Kier alpha value is -1.32. The third kappa shape index (κ3) is 2.08. The van der Waals surface area contributed by atoms with Crippen LogP contribution in [0, 0.1) is 0 Å². The van der Waals surface area contributed by atoms with E-state index in [1.165, 1.54) is 0 Å². The van der Waals surface area contributed by atoms with Gasteiger partial charge in [0.15, 0.2) is 0 Å². The highest BCUT2D eigenvalue weighted by Crippen LogP contribution is 2.15. The summed E-state index contributed by atoms with van der Waals surface area (Å²) in [5.74, 6) is -0.396. The zero-order valence-electron chi connectivity index (χ0n) is 7.83. The molecule has 0 spiro atoms. The average molecular weight is 183 g/mol. The molecular formula is C9H13NO3. The summed E-state index contributed by atoms with van der Waals surface area (Å²) in [5.41, 5.74) is 0.787. The van der Waals surface area contributed by atoms with Crippen LogP contribution in [-0.2, 0) is 9.53 Å². The number of ether oxygens (including phenoxy) is 1. The van der Waals surface area contributed by atoms with Crippen molar-refractivity contribution in [1.29, 1.82) is 0 Å². The van der Waals surface area contributed by atoms with Crippen molar-refractivity contribution in [2.24, 2.45) is 4.99 Å². The van der Waals surface area contributed by atoms with Crippen LogP contribution in [0.1, 0.15) is 20.3 Å². The van der Waals surface area contributed by atoms with Crippen LogP contribution in [0.5, 0.6) is 0 Å². The van der Waals surface area contributed by atoms with Crippen LogP contribution in [0.15, 0.2) is 16.3 Å². The molecule has 0 saturated carbocycles. The summed E-state index contributed by atoms with van der Waals surface area (Å²) in [5, 5.41) is 9.43. The van der Waals surface area contributed by atoms with Crippen molar-refractivity contribution in [3.8, 4) is 0 Å². The lowest BCUT2D eigenvalue weighted by Crippen LogP contribution is -2.19. The van der Waals surface area contributed by atoms with E-state index in [1.54, 1.807) is 13.8 Å². The zero-order valence-corrected chi connectivity index (χ0v) is 7.83. The van der Waals surface area contributed by atoms with Gasteiger partial charge < -0.3 is 9.84 Å². The normalized spacial score (nSPS) is 16.9. The molecule has 0 aliphatic carbocycles. The molecule has 0 saturated heterocycles. The van der Waals surface area contributed by atoms with E-state index in [0.717, 1.165) is 0 Å². The Morgan fingerprint density at radius 1 is 1.69 bits per heavy atom. The van der Waals surface area contributed by atoms with E-state index >= 15 is 0 Å². The third-order valence-electron chi connectivity index (χ3n) is 1.83. The third-order valence-corrected chi connectivity index (χ3v) is 1.83. The van der Waals surface area contributed by atoms with Crippen molar-refractivity contribution in [2.75, 3.05) is 13.2 Å². The molecule has 0 aromatic rings. The summed E-state index contributed by atoms with van der Waals surface area (Å²) in [6.45, 7) is 4.27. The second kappa shape index (κ2) is 4.07. The topological polar surface area (TPSA) is 58.9 Å². The minimum absolute atomic E-state index is 0.0888. The van der Waals surface area contributed by atoms with Gasteiger partial charge in [0.05, 0.1) is 6.61 Å². The minimum Gasteiger partial charge on any atom is -0.511 e. The van der Waals surface area contributed by atoms with E-state index in [9.17, 15) is 9.90 Å². The molecule has 1 aliphatic rings. The quantitative estimate of drug-likeness (QED) is 0.655. The predicted octanol–water partition coefficient (Wildman–Crippen LogP) is 1.23. The van der Waals surface area contributed by atoms with E-state index in [4.69, 9.17) is 4.74 Å². The summed E-state index contributed by atoms with van der Waals surface area (Å²) >= 11 is 0. The molecule has 1 aliphatic heterocycles. The lowest BCUT2D eigenvalue weighted by Gasteiger charge is -2.13. The highest BCUT2D eigenvalue weighted by atomic mass is 16.5. The highest BCUT2D eigenvalue weighted by Gasteiger charge is 2.21. The Morgan fingerprint density at radius 2 is 2.38 bits per heavy atom. The fourth-order valence-corrected chi connectivity index (χ4v) is 1.21. The Morgan fingerprint density at radius 3 is 2.92 bits per heavy atom. The van der Waals surface area contributed by atoms with Crippen molar-refractivity contribution >= 4 is 11.7 Å². The van der Waals surface area contributed by atoms with E-state index in [2.05, 4.69) is 4.99 Å². The molecule has 72 valence electrons. The number of aliphatic imine (C=N–C) groups is 1. The van der Waals surface area contributed by atoms with Gasteiger partial charge in [0.1, 0.15) is 11.3 Å². The number of hydrogen-bond acceptors (Lipinski definition) is 4. The molecule has 1 heterocycles. The van der Waals surface area contributed by atoms with Crippen LogP contribution >= 0.6 is 0 Å². The molecule has 0 radical (unpaired) electrons. The summed E-state index contributed by atoms with van der Waals surface area (Å²) in [6, 6.07) is 0. The van der Waals surface area contributed by atoms with E-state index < -0.39 is 5.97 Å². The maximum atomic E-state index is 11.3. The Balaban J connectivity index is 2.87. The van der Waals surface area contributed by atoms with Crippen LogP contribution in [0.4, 0.5) is 0 Å². The number of esters is 1. The van der Waals surface area contributed by atoms with E-state index in [0.29, 0.717) is 25.3 Å². The zero-order chi connectivity index (χ0) is 9.84. The standard InChI is InChI=1S/C9H13NO3/c1-3-13-9(12)8-6(2)10-5-4-7(8)11/h11H,3-5H2,1-2H3. The smallest absolute Gasteiger partial charge is 0.343 e. The SMILES string of the molecule is CCOC(=O)C1=C(O)CCN=C1C. The lowest BCUT2D eigenvalue weighted by atomic mass is 10.1. The molecule has 0 amide bonds. The summed E-state index contributed by atoms with van der Waals surface area (Å²) < 4.78 is 4.78. The molecule has 0 aromatic heterocycles. The van der Waals surface area contributed by atoms with Gasteiger partial charge in [-0.15, -0.1) is 0 Å². The predicted molar refractivity (Wildman–Crippen MR) is 48.9 cm³/mol. The van der Waals surface area contributed by atoms with Gasteiger partial charge in [0.2, 0.25) is 0 Å². The van der Waals surface area contributed by atoms with Crippen molar-refractivity contribution < 1.29 is 14.6 Å². The number of carbonyl (C=O) groups excluding carboxylic acids is 1. The number of aliphatic hydroxyl groups is 1. The van der Waals surface area contributed by atoms with Gasteiger partial charge >= 0.3 is 5.97 Å². The minimum atomic E-state index is -0.485. The van der Waals surface area contributed by atoms with Crippen LogP contribution in [-0.4, -0.2) is 29.9 Å². The number of nitrogens with zero attached hydrogens (tertiary/aromatic N) is 1. The van der Waals surface area contributed by atoms with Gasteiger partial charge in [-0.05, 0) is 13.8 Å². The van der Waals surface area contributed by atoms with Crippen LogP contribution in [0.2, 0.25) is 0 Å². The summed E-state index contributed by atoms with van der Waals surface area (Å²) in [7, 11) is 0. The monoisotopic (exact) mass is 183 g/mol. The molecule has 0 atom stereocenters. The second-order valence-corrected chi connectivity index (χ2v) is 2.76. The molecule has 0 bridgehead atoms. The molecule has 13 heavy (non-hydrogen) atoms. The van der Waals surface area contributed by atoms with Gasteiger partial charge in [0, 0.05) is 18.7 Å². The number of hydrogen-bond donors (Lipinski definition) is 1. The Kier molecular flexibility index (Phi) is 3.06. The summed E-state index contributed by atoms with van der Waals surface area (Å²) in [6.07, 6.45) is 0.422. The molecular weight excluding hydrogens is 170 g/mol. The number of aliphatic hydroxyl groups excluding tert-OH is 1. The molecule has 0 fully saturated rings. The maximum absolute atomic E-state index is 11.3. The van der Waals surface area contributed by atoms with Gasteiger partial charge in [0.25, 0.3) is 0 Å². The first-order chi connectivity index (χ1) is 6.16. The highest BCUT2D eigenvalue weighted by molar-refractivity contribution is 6.19. The number of rotatable bonds is 2. The molecule has 4 heteroatoms. The summed E-state index contributed by atoms with van der Waals surface area (Å²) in [4.78, 5) is 15.4. The van der Waals surface area contributed by atoms with E-state index in [1.807, 2.05) is 0 Å². The fourth-order valence-electron chi connectivity index (χ4n) is 1.21. The van der Waals surface area contributed by atoms with Crippen LogP contribution in [0.25, 0.3) is 0 Å². The van der Waals surface area contributed by atoms with Gasteiger partial charge in [-0.3, -0.25) is 4.99 Å². The first-order valence-corrected chi connectivity index (χ1v) is 4.27. The van der Waals surface area contributed by atoms with Gasteiger partial charge in [-0.25, -0.2) is 4.79 Å². The molecule has 4 nitrogen and oxygen atoms in total. The average Bonchev–Trinajstić information content (AvgIpc) is 2.04. The molecule has 1 rings (SSSR count). The van der Waals surface area contributed by atoms with Crippen molar-refractivity contribution in [2.45, 2.75) is 20.3 Å². The van der Waals surface area contributed by atoms with Gasteiger partial charge in [-0.2, -0.15) is 0 Å². The van der Waals surface area contributed by atoms with Crippen LogP contribution < -0.4 is 0 Å².